The summed E-state index contributed by atoms with van der Waals surface area (Å²) >= 11 is 1.95. The Bertz CT molecular complexity index is 1460. The van der Waals surface area contributed by atoms with Gasteiger partial charge in [-0.05, 0) is 22.9 Å². The highest BCUT2D eigenvalue weighted by molar-refractivity contribution is 8.03. The van der Waals surface area contributed by atoms with E-state index in [2.05, 4.69) is 0 Å². The number of nitrogens with two attached hydrogens (primary N) is 2. The minimum atomic E-state index is -0.106. The molecule has 0 aliphatic rings. The molecule has 0 aromatic heterocycles. The first-order valence-electron chi connectivity index (χ1n) is 10.0. The Morgan fingerprint density at radius 1 is 0.618 bits per heavy atom. The van der Waals surface area contributed by atoms with Crippen LogP contribution in [0.3, 0.4) is 0 Å². The van der Waals surface area contributed by atoms with Crippen LogP contribution in [0, 0.1) is 22.7 Å². The molecule has 0 saturated heterocycles. The predicted octanol–water partition coefficient (Wildman–Crippen LogP) is 5.68. The fourth-order valence-electron chi connectivity index (χ4n) is 3.44. The van der Waals surface area contributed by atoms with Gasteiger partial charge in [0.2, 0.25) is 0 Å². The van der Waals surface area contributed by atoms with Gasteiger partial charge in [0.15, 0.2) is 0 Å². The molecular weight excluding hydrogens is 464 g/mol. The molecule has 0 atom stereocenters. The van der Waals surface area contributed by atoms with E-state index in [4.69, 9.17) is 11.5 Å². The Morgan fingerprint density at radius 2 is 1.00 bits per heavy atom. The van der Waals surface area contributed by atoms with E-state index < -0.39 is 0 Å². The lowest BCUT2D eigenvalue weighted by atomic mass is 10.1. The van der Waals surface area contributed by atoms with Gasteiger partial charge in [-0.2, -0.15) is 10.5 Å². The number of phenolic OH excluding ortho intramolecular Hbond substituents is 2. The maximum Gasteiger partial charge on any atom is 0.137 e. The number of nitrogens with zero attached hydrogens (tertiary/aromatic N) is 2. The van der Waals surface area contributed by atoms with Crippen LogP contribution < -0.4 is 11.5 Å². The molecule has 8 heteroatoms. The Hall–Kier alpha value is -4.24. The van der Waals surface area contributed by atoms with Gasteiger partial charge in [-0.15, -0.1) is 0 Å². The number of benzene rings is 4. The molecule has 4 rings (SSSR count). The van der Waals surface area contributed by atoms with Gasteiger partial charge in [0.05, 0.1) is 19.8 Å². The van der Waals surface area contributed by atoms with E-state index in [-0.39, 0.29) is 32.7 Å². The number of allylic oxidation sites excluding steroid dienone is 2. The van der Waals surface area contributed by atoms with Crippen molar-refractivity contribution in [3.63, 3.8) is 0 Å². The first-order valence-corrected chi connectivity index (χ1v) is 11.6. The number of nitriles is 2. The molecular formula is C26H18N4O2S2. The molecule has 0 radical (unpaired) electrons. The summed E-state index contributed by atoms with van der Waals surface area (Å²) in [6.07, 6.45) is 0. The number of thioether (sulfide) groups is 2. The van der Waals surface area contributed by atoms with Crippen LogP contribution in [0.15, 0.2) is 104 Å². The largest absolute Gasteiger partial charge is 0.506 e. The van der Waals surface area contributed by atoms with Crippen molar-refractivity contribution in [2.24, 2.45) is 11.5 Å². The van der Waals surface area contributed by atoms with E-state index in [1.54, 1.807) is 24.3 Å². The molecule has 0 bridgehead atoms. The molecule has 0 aliphatic heterocycles. The molecule has 4 aromatic rings. The van der Waals surface area contributed by atoms with E-state index in [0.717, 1.165) is 34.3 Å². The third-order valence-corrected chi connectivity index (χ3v) is 7.08. The number of hydrogen-bond acceptors (Lipinski definition) is 8. The van der Waals surface area contributed by atoms with Crippen molar-refractivity contribution in [1.29, 1.82) is 10.5 Å². The first-order chi connectivity index (χ1) is 16.4. The average molecular weight is 483 g/mol. The molecule has 0 fully saturated rings. The quantitative estimate of drug-likeness (QED) is 0.162. The van der Waals surface area contributed by atoms with Crippen molar-refractivity contribution < 1.29 is 10.2 Å². The first kappa shape index (κ1) is 22.9. The number of hydrogen-bond donors (Lipinski definition) is 4. The predicted molar refractivity (Wildman–Crippen MR) is 137 cm³/mol. The second kappa shape index (κ2) is 9.72. The zero-order valence-electron chi connectivity index (χ0n) is 17.7. The van der Waals surface area contributed by atoms with Crippen LogP contribution in [0.1, 0.15) is 0 Å². The summed E-state index contributed by atoms with van der Waals surface area (Å²) in [5.74, 6) is 0.0727. The van der Waals surface area contributed by atoms with Gasteiger partial charge in [-0.3, -0.25) is 0 Å². The normalized spacial score (nSPS) is 12.5. The molecule has 0 spiro atoms. The van der Waals surface area contributed by atoms with Crippen molar-refractivity contribution in [3.8, 4) is 23.6 Å². The second-order valence-corrected chi connectivity index (χ2v) is 9.34. The SMILES string of the molecule is N#CC(=C(N)Sc1ccc2ccccc2c1O)C(C#N)=C(N)Sc1ccc2ccccc2c1O. The Kier molecular flexibility index (Phi) is 6.55. The van der Waals surface area contributed by atoms with E-state index in [9.17, 15) is 20.7 Å². The van der Waals surface area contributed by atoms with Gasteiger partial charge in [-0.25, -0.2) is 0 Å². The molecule has 0 unspecified atom stereocenters. The number of rotatable bonds is 5. The van der Waals surface area contributed by atoms with E-state index in [1.165, 1.54) is 0 Å². The average Bonchev–Trinajstić information content (AvgIpc) is 2.86. The Morgan fingerprint density at radius 3 is 1.38 bits per heavy atom. The summed E-state index contributed by atoms with van der Waals surface area (Å²) in [5, 5.41) is 43.9. The highest BCUT2D eigenvalue weighted by atomic mass is 32.2. The van der Waals surface area contributed by atoms with Gasteiger partial charge in [0.1, 0.15) is 34.8 Å². The van der Waals surface area contributed by atoms with Crippen LogP contribution in [0.25, 0.3) is 21.5 Å². The van der Waals surface area contributed by atoms with Gasteiger partial charge >= 0.3 is 0 Å². The van der Waals surface area contributed by atoms with Crippen LogP contribution in [-0.4, -0.2) is 10.2 Å². The molecule has 0 heterocycles. The number of phenols is 2. The standard InChI is InChI=1S/C26H18N4O2S2/c27-13-19(25(29)33-21-11-9-15-5-1-3-7-17(15)23(21)31)20(14-28)26(30)34-22-12-10-16-6-2-4-8-18(16)24(22)32/h1-12,31-32H,29-30H2. The monoisotopic (exact) mass is 482 g/mol. The molecule has 0 saturated carbocycles. The summed E-state index contributed by atoms with van der Waals surface area (Å²) < 4.78 is 0. The Balaban J connectivity index is 1.71. The van der Waals surface area contributed by atoms with Crippen molar-refractivity contribution >= 4 is 45.1 Å². The smallest absolute Gasteiger partial charge is 0.137 e. The van der Waals surface area contributed by atoms with Gasteiger partial charge in [-0.1, -0.05) is 84.2 Å². The second-order valence-electron chi connectivity index (χ2n) is 7.17. The highest BCUT2D eigenvalue weighted by Gasteiger charge is 2.18. The minimum Gasteiger partial charge on any atom is -0.506 e. The van der Waals surface area contributed by atoms with Crippen LogP contribution in [0.5, 0.6) is 11.5 Å². The molecule has 34 heavy (non-hydrogen) atoms. The van der Waals surface area contributed by atoms with Crippen molar-refractivity contribution in [1.82, 2.24) is 0 Å². The topological polar surface area (TPSA) is 140 Å². The third-order valence-electron chi connectivity index (χ3n) is 5.13. The zero-order chi connectivity index (χ0) is 24.2. The summed E-state index contributed by atoms with van der Waals surface area (Å²) in [5.41, 5.74) is 12.2. The highest BCUT2D eigenvalue weighted by Crippen LogP contribution is 2.41. The number of aromatic hydroxyl groups is 2. The molecule has 6 nitrogen and oxygen atoms in total. The van der Waals surface area contributed by atoms with Crippen molar-refractivity contribution in [3.05, 3.63) is 94.0 Å². The van der Waals surface area contributed by atoms with E-state index >= 15 is 0 Å². The summed E-state index contributed by atoms with van der Waals surface area (Å²) in [7, 11) is 0. The molecule has 0 amide bonds. The lowest BCUT2D eigenvalue weighted by Gasteiger charge is -2.11. The molecule has 0 aliphatic carbocycles. The van der Waals surface area contributed by atoms with Crippen LogP contribution in [0.4, 0.5) is 0 Å². The van der Waals surface area contributed by atoms with Gasteiger partial charge in [0, 0.05) is 10.8 Å². The molecule has 6 N–H and O–H groups in total. The fourth-order valence-corrected chi connectivity index (χ4v) is 5.10. The summed E-state index contributed by atoms with van der Waals surface area (Å²) in [6, 6.07) is 25.7. The third kappa shape index (κ3) is 4.33. The number of fused-ring (bicyclic) bond motifs is 2. The lowest BCUT2D eigenvalue weighted by Crippen LogP contribution is -2.05. The Labute approximate surface area is 204 Å². The molecule has 166 valence electrons. The molecule has 4 aromatic carbocycles. The van der Waals surface area contributed by atoms with Crippen LogP contribution in [-0.2, 0) is 0 Å². The van der Waals surface area contributed by atoms with Crippen LogP contribution in [0.2, 0.25) is 0 Å². The lowest BCUT2D eigenvalue weighted by molar-refractivity contribution is 0.468. The summed E-state index contributed by atoms with van der Waals surface area (Å²) in [4.78, 5) is 0.888. The maximum absolute atomic E-state index is 10.7. The van der Waals surface area contributed by atoms with Crippen molar-refractivity contribution in [2.75, 3.05) is 0 Å². The van der Waals surface area contributed by atoms with E-state index in [1.807, 2.05) is 60.7 Å². The minimum absolute atomic E-state index is 0.0240. The van der Waals surface area contributed by atoms with Gasteiger partial charge < -0.3 is 21.7 Å². The maximum atomic E-state index is 10.7. The van der Waals surface area contributed by atoms with Crippen LogP contribution >= 0.6 is 23.5 Å². The fraction of sp³-hybridized carbons (Fsp3) is 0. The zero-order valence-corrected chi connectivity index (χ0v) is 19.3. The van der Waals surface area contributed by atoms with Gasteiger partial charge in [0.25, 0.3) is 0 Å². The van der Waals surface area contributed by atoms with E-state index in [0.29, 0.717) is 20.6 Å². The summed E-state index contributed by atoms with van der Waals surface area (Å²) in [6.45, 7) is 0. The van der Waals surface area contributed by atoms with Crippen molar-refractivity contribution in [2.45, 2.75) is 9.79 Å².